The lowest BCUT2D eigenvalue weighted by atomic mass is 9.87. The number of pyridine rings is 1. The van der Waals surface area contributed by atoms with Gasteiger partial charge in [0.1, 0.15) is 5.69 Å². The Kier molecular flexibility index (Phi) is 5.32. The second-order valence-electron chi connectivity index (χ2n) is 8.78. The van der Waals surface area contributed by atoms with E-state index in [9.17, 15) is 4.79 Å². The van der Waals surface area contributed by atoms with Crippen molar-refractivity contribution in [1.82, 2.24) is 4.98 Å². The van der Waals surface area contributed by atoms with Crippen LogP contribution in [-0.4, -0.2) is 43.0 Å². The number of anilines is 2. The molecule has 6 nitrogen and oxygen atoms in total. The minimum absolute atomic E-state index is 0.0873. The van der Waals surface area contributed by atoms with E-state index in [-0.39, 0.29) is 17.1 Å². The Bertz CT molecular complexity index is 840. The first-order valence-corrected chi connectivity index (χ1v) is 10.3. The Labute approximate surface area is 172 Å². The average Bonchev–Trinajstić information content (AvgIpc) is 3.16. The van der Waals surface area contributed by atoms with Crippen LogP contribution in [0.15, 0.2) is 42.6 Å². The summed E-state index contributed by atoms with van der Waals surface area (Å²) in [6.07, 6.45) is 3.46. The number of carbonyl (C=O) groups is 1. The summed E-state index contributed by atoms with van der Waals surface area (Å²) in [7, 11) is 0. The number of nitrogens with one attached hydrogen (secondary N) is 1. The smallest absolute Gasteiger partial charge is 0.274 e. The SMILES string of the molecule is CC(C)(C)c1ccc(NC(=O)c2ccc(N3CCC4(CC3)OCCO4)cn2)cc1. The van der Waals surface area contributed by atoms with E-state index in [2.05, 4.69) is 36.0 Å². The quantitative estimate of drug-likeness (QED) is 0.852. The molecule has 0 atom stereocenters. The van der Waals surface area contributed by atoms with Crippen molar-refractivity contribution in [1.29, 1.82) is 0 Å². The third-order valence-electron chi connectivity index (χ3n) is 5.69. The van der Waals surface area contributed by atoms with Crippen LogP contribution in [0.1, 0.15) is 49.7 Å². The Morgan fingerprint density at radius 2 is 1.69 bits per heavy atom. The maximum atomic E-state index is 12.5. The van der Waals surface area contributed by atoms with Gasteiger partial charge >= 0.3 is 0 Å². The van der Waals surface area contributed by atoms with Crippen LogP contribution in [0.3, 0.4) is 0 Å². The maximum absolute atomic E-state index is 12.5. The highest BCUT2D eigenvalue weighted by atomic mass is 16.7. The highest BCUT2D eigenvalue weighted by Gasteiger charge is 2.39. The Balaban J connectivity index is 1.36. The molecular weight excluding hydrogens is 366 g/mol. The molecule has 1 spiro atoms. The van der Waals surface area contributed by atoms with Gasteiger partial charge in [-0.1, -0.05) is 32.9 Å². The van der Waals surface area contributed by atoms with Gasteiger partial charge in [-0.3, -0.25) is 4.79 Å². The molecule has 6 heteroatoms. The van der Waals surface area contributed by atoms with Gasteiger partial charge in [-0.25, -0.2) is 4.98 Å². The molecule has 1 aromatic heterocycles. The van der Waals surface area contributed by atoms with Crippen molar-refractivity contribution in [2.45, 2.75) is 44.8 Å². The van der Waals surface area contributed by atoms with Gasteiger partial charge in [-0.05, 0) is 35.2 Å². The van der Waals surface area contributed by atoms with E-state index in [1.807, 2.05) is 30.3 Å². The van der Waals surface area contributed by atoms with Crippen LogP contribution in [0.2, 0.25) is 0 Å². The van der Waals surface area contributed by atoms with E-state index in [1.165, 1.54) is 5.56 Å². The summed E-state index contributed by atoms with van der Waals surface area (Å²) in [5.41, 5.74) is 3.51. The molecule has 1 aromatic carbocycles. The Morgan fingerprint density at radius 1 is 1.03 bits per heavy atom. The summed E-state index contributed by atoms with van der Waals surface area (Å²) in [4.78, 5) is 19.2. The van der Waals surface area contributed by atoms with Crippen molar-refractivity contribution in [3.8, 4) is 0 Å². The molecule has 2 saturated heterocycles. The number of nitrogens with zero attached hydrogens (tertiary/aromatic N) is 2. The van der Waals surface area contributed by atoms with E-state index >= 15 is 0 Å². The lowest BCUT2D eigenvalue weighted by molar-refractivity contribution is -0.169. The summed E-state index contributed by atoms with van der Waals surface area (Å²) in [5, 5.41) is 2.92. The lowest BCUT2D eigenvalue weighted by Gasteiger charge is -2.38. The molecule has 0 radical (unpaired) electrons. The topological polar surface area (TPSA) is 63.7 Å². The van der Waals surface area contributed by atoms with Crippen LogP contribution in [0.25, 0.3) is 0 Å². The fourth-order valence-corrected chi connectivity index (χ4v) is 3.85. The minimum Gasteiger partial charge on any atom is -0.370 e. The van der Waals surface area contributed by atoms with Crippen LogP contribution in [0.4, 0.5) is 11.4 Å². The van der Waals surface area contributed by atoms with Crippen molar-refractivity contribution < 1.29 is 14.3 Å². The summed E-state index contributed by atoms with van der Waals surface area (Å²) >= 11 is 0. The fraction of sp³-hybridized carbons (Fsp3) is 0.478. The van der Waals surface area contributed by atoms with E-state index in [1.54, 1.807) is 12.3 Å². The number of amides is 1. The number of hydrogen-bond donors (Lipinski definition) is 1. The van der Waals surface area contributed by atoms with Crippen LogP contribution in [0.5, 0.6) is 0 Å². The predicted octanol–water partition coefficient (Wildman–Crippen LogP) is 3.97. The molecule has 1 amide bonds. The highest BCUT2D eigenvalue weighted by molar-refractivity contribution is 6.02. The molecule has 0 aliphatic carbocycles. The molecular formula is C23H29N3O3. The van der Waals surface area contributed by atoms with E-state index in [0.717, 1.165) is 37.3 Å². The van der Waals surface area contributed by atoms with Gasteiger partial charge in [0.05, 0.1) is 25.1 Å². The normalized spacial score (nSPS) is 18.8. The van der Waals surface area contributed by atoms with Gasteiger partial charge < -0.3 is 19.7 Å². The molecule has 2 aromatic rings. The molecule has 0 unspecified atom stereocenters. The molecule has 2 aliphatic heterocycles. The molecule has 0 saturated carbocycles. The summed E-state index contributed by atoms with van der Waals surface area (Å²) in [6.45, 7) is 9.58. The van der Waals surface area contributed by atoms with Gasteiger partial charge in [-0.2, -0.15) is 0 Å². The van der Waals surface area contributed by atoms with Crippen LogP contribution in [0, 0.1) is 0 Å². The first-order valence-electron chi connectivity index (χ1n) is 10.3. The molecule has 29 heavy (non-hydrogen) atoms. The molecule has 3 heterocycles. The van der Waals surface area contributed by atoms with Crippen molar-refractivity contribution in [2.24, 2.45) is 0 Å². The highest BCUT2D eigenvalue weighted by Crippen LogP contribution is 2.33. The van der Waals surface area contributed by atoms with E-state index in [4.69, 9.17) is 9.47 Å². The lowest BCUT2D eigenvalue weighted by Crippen LogP contribution is -2.45. The largest absolute Gasteiger partial charge is 0.370 e. The summed E-state index contributed by atoms with van der Waals surface area (Å²) in [5.74, 6) is -0.586. The summed E-state index contributed by atoms with van der Waals surface area (Å²) in [6, 6.07) is 11.7. The van der Waals surface area contributed by atoms with Gasteiger partial charge in [0.15, 0.2) is 5.79 Å². The zero-order chi connectivity index (χ0) is 20.5. The van der Waals surface area contributed by atoms with Crippen molar-refractivity contribution in [3.63, 3.8) is 0 Å². The number of hydrogen-bond acceptors (Lipinski definition) is 5. The number of ether oxygens (including phenoxy) is 2. The molecule has 154 valence electrons. The Hall–Kier alpha value is -2.44. The number of aromatic nitrogens is 1. The van der Waals surface area contributed by atoms with Crippen molar-refractivity contribution in [2.75, 3.05) is 36.5 Å². The van der Waals surface area contributed by atoms with E-state index in [0.29, 0.717) is 18.9 Å². The molecule has 1 N–H and O–H groups in total. The molecule has 2 fully saturated rings. The second kappa shape index (κ2) is 7.76. The summed E-state index contributed by atoms with van der Waals surface area (Å²) < 4.78 is 11.6. The van der Waals surface area contributed by atoms with Crippen molar-refractivity contribution >= 4 is 17.3 Å². The number of rotatable bonds is 3. The van der Waals surface area contributed by atoms with Gasteiger partial charge in [0.25, 0.3) is 5.91 Å². The Morgan fingerprint density at radius 3 is 2.24 bits per heavy atom. The standard InChI is InChI=1S/C23H29N3O3/c1-22(2,3)17-4-6-18(7-5-17)25-21(27)20-9-8-19(16-24-20)26-12-10-23(11-13-26)28-14-15-29-23/h4-9,16H,10-15H2,1-3H3,(H,25,27). The van der Waals surface area contributed by atoms with Crippen LogP contribution >= 0.6 is 0 Å². The third-order valence-corrected chi connectivity index (χ3v) is 5.69. The van der Waals surface area contributed by atoms with Gasteiger partial charge in [0, 0.05) is 31.6 Å². The average molecular weight is 396 g/mol. The monoisotopic (exact) mass is 395 g/mol. The van der Waals surface area contributed by atoms with Crippen LogP contribution in [-0.2, 0) is 14.9 Å². The molecule has 2 aliphatic rings. The van der Waals surface area contributed by atoms with Crippen molar-refractivity contribution in [3.05, 3.63) is 53.9 Å². The van der Waals surface area contributed by atoms with Gasteiger partial charge in [0.2, 0.25) is 0 Å². The minimum atomic E-state index is -0.383. The van der Waals surface area contributed by atoms with Gasteiger partial charge in [-0.15, -0.1) is 0 Å². The second-order valence-corrected chi connectivity index (χ2v) is 8.78. The van der Waals surface area contributed by atoms with Crippen LogP contribution < -0.4 is 10.2 Å². The predicted molar refractivity (Wildman–Crippen MR) is 113 cm³/mol. The molecule has 0 bridgehead atoms. The zero-order valence-corrected chi connectivity index (χ0v) is 17.4. The zero-order valence-electron chi connectivity index (χ0n) is 17.4. The fourth-order valence-electron chi connectivity index (χ4n) is 3.85. The number of benzene rings is 1. The number of piperidine rings is 1. The first kappa shape index (κ1) is 19.9. The maximum Gasteiger partial charge on any atom is 0.274 e. The number of carbonyl (C=O) groups excluding carboxylic acids is 1. The third kappa shape index (κ3) is 4.43. The van der Waals surface area contributed by atoms with E-state index < -0.39 is 0 Å². The first-order chi connectivity index (χ1) is 13.8. The molecule has 4 rings (SSSR count).